The maximum Gasteiger partial charge on any atom is 0.193 e. The van der Waals surface area contributed by atoms with Crippen LogP contribution in [0.1, 0.15) is 18.2 Å². The first-order chi connectivity index (χ1) is 7.97. The van der Waals surface area contributed by atoms with Gasteiger partial charge in [0, 0.05) is 17.3 Å². The summed E-state index contributed by atoms with van der Waals surface area (Å²) < 4.78 is 27.0. The van der Waals surface area contributed by atoms with Gasteiger partial charge in [0.25, 0.3) is 0 Å². The largest absolute Gasteiger partial charge is 0.356 e. The lowest BCUT2D eigenvalue weighted by atomic mass is 10.1. The molecule has 2 aromatic rings. The monoisotopic (exact) mass is 301 g/mol. The highest BCUT2D eigenvalue weighted by Crippen LogP contribution is 2.26. The number of hydrogen-bond donors (Lipinski definition) is 1. The molecule has 0 aliphatic rings. The molecule has 2 rings (SSSR count). The van der Waals surface area contributed by atoms with Crippen LogP contribution in [0.5, 0.6) is 0 Å². The molecule has 0 atom stereocenters. The zero-order valence-electron chi connectivity index (χ0n) is 9.33. The van der Waals surface area contributed by atoms with Gasteiger partial charge in [0.1, 0.15) is 11.6 Å². The number of aromatic amines is 1. The van der Waals surface area contributed by atoms with E-state index in [9.17, 15) is 13.6 Å². The van der Waals surface area contributed by atoms with Gasteiger partial charge in [-0.25, -0.2) is 8.78 Å². The molecule has 1 heterocycles. The van der Waals surface area contributed by atoms with Crippen molar-refractivity contribution in [3.63, 3.8) is 0 Å². The molecule has 0 spiro atoms. The average Bonchev–Trinajstić information content (AvgIpc) is 2.29. The third-order valence-corrected chi connectivity index (χ3v) is 3.60. The minimum atomic E-state index is -0.774. The van der Waals surface area contributed by atoms with E-state index in [4.69, 9.17) is 0 Å². The lowest BCUT2D eigenvalue weighted by Gasteiger charge is -2.09. The number of aryl methyl sites for hydroxylation is 1. The van der Waals surface area contributed by atoms with Crippen molar-refractivity contribution in [3.05, 3.63) is 43.7 Å². The molecule has 0 saturated heterocycles. The first kappa shape index (κ1) is 12.2. The first-order valence-electron chi connectivity index (χ1n) is 5.16. The number of fused-ring (bicyclic) bond motifs is 1. The molecular weight excluding hydrogens is 292 g/mol. The quantitative estimate of drug-likeness (QED) is 0.804. The molecule has 90 valence electrons. The minimum Gasteiger partial charge on any atom is -0.356 e. The molecule has 0 bridgehead atoms. The van der Waals surface area contributed by atoms with Gasteiger partial charge in [-0.05, 0) is 29.3 Å². The standard InChI is InChI=1S/C12H10BrF2NO/c1-3-8-5(2)12(17)9-10(13)6(14)4-7(15)11(9)16-8/h4H,3H2,1-2H3,(H,16,17). The Morgan fingerprint density at radius 3 is 2.59 bits per heavy atom. The van der Waals surface area contributed by atoms with Gasteiger partial charge in [0.2, 0.25) is 0 Å². The fraction of sp³-hybridized carbons (Fsp3) is 0.250. The third-order valence-electron chi connectivity index (χ3n) is 2.82. The van der Waals surface area contributed by atoms with Gasteiger partial charge < -0.3 is 4.98 Å². The minimum absolute atomic E-state index is 0.000836. The van der Waals surface area contributed by atoms with Gasteiger partial charge in [-0.1, -0.05) is 6.92 Å². The van der Waals surface area contributed by atoms with Crippen LogP contribution in [-0.2, 0) is 6.42 Å². The van der Waals surface area contributed by atoms with E-state index in [0.717, 1.165) is 6.07 Å². The highest BCUT2D eigenvalue weighted by atomic mass is 79.9. The molecule has 0 saturated carbocycles. The van der Waals surface area contributed by atoms with Gasteiger partial charge in [0.05, 0.1) is 15.4 Å². The van der Waals surface area contributed by atoms with E-state index in [2.05, 4.69) is 20.9 Å². The normalized spacial score (nSPS) is 11.1. The topological polar surface area (TPSA) is 32.9 Å². The van der Waals surface area contributed by atoms with Crippen molar-refractivity contribution in [1.29, 1.82) is 0 Å². The predicted molar refractivity (Wildman–Crippen MR) is 66.3 cm³/mol. The maximum absolute atomic E-state index is 13.6. The lowest BCUT2D eigenvalue weighted by molar-refractivity contribution is 0.586. The molecule has 0 aliphatic heterocycles. The van der Waals surface area contributed by atoms with Crippen LogP contribution in [0.4, 0.5) is 8.78 Å². The van der Waals surface area contributed by atoms with Crippen molar-refractivity contribution in [2.75, 3.05) is 0 Å². The fourth-order valence-corrected chi connectivity index (χ4v) is 2.35. The number of benzene rings is 1. The Morgan fingerprint density at radius 1 is 1.35 bits per heavy atom. The van der Waals surface area contributed by atoms with Crippen molar-refractivity contribution in [1.82, 2.24) is 4.98 Å². The molecule has 1 aromatic heterocycles. The smallest absolute Gasteiger partial charge is 0.193 e. The van der Waals surface area contributed by atoms with Crippen LogP contribution in [0.3, 0.4) is 0 Å². The van der Waals surface area contributed by atoms with Gasteiger partial charge >= 0.3 is 0 Å². The van der Waals surface area contributed by atoms with Crippen LogP contribution in [0.15, 0.2) is 15.3 Å². The zero-order chi connectivity index (χ0) is 12.7. The summed E-state index contributed by atoms with van der Waals surface area (Å²) >= 11 is 2.98. The zero-order valence-corrected chi connectivity index (χ0v) is 10.9. The van der Waals surface area contributed by atoms with Crippen molar-refractivity contribution < 1.29 is 8.78 Å². The number of nitrogens with one attached hydrogen (secondary N) is 1. The van der Waals surface area contributed by atoms with E-state index in [-0.39, 0.29) is 20.8 Å². The molecule has 17 heavy (non-hydrogen) atoms. The maximum atomic E-state index is 13.6. The van der Waals surface area contributed by atoms with E-state index < -0.39 is 11.6 Å². The molecule has 0 unspecified atom stereocenters. The van der Waals surface area contributed by atoms with Gasteiger partial charge in [-0.2, -0.15) is 0 Å². The van der Waals surface area contributed by atoms with E-state index in [1.165, 1.54) is 0 Å². The molecule has 5 heteroatoms. The van der Waals surface area contributed by atoms with Crippen molar-refractivity contribution in [2.45, 2.75) is 20.3 Å². The Balaban J connectivity index is 3.07. The predicted octanol–water partition coefficient (Wildman–Crippen LogP) is 3.44. The van der Waals surface area contributed by atoms with Crippen LogP contribution in [0.25, 0.3) is 10.9 Å². The van der Waals surface area contributed by atoms with E-state index in [1.54, 1.807) is 6.92 Å². The molecule has 0 radical (unpaired) electrons. The number of H-pyrrole nitrogens is 1. The Kier molecular flexibility index (Phi) is 3.03. The number of rotatable bonds is 1. The molecular formula is C12H10BrF2NO. The Hall–Kier alpha value is -1.23. The lowest BCUT2D eigenvalue weighted by Crippen LogP contribution is -2.13. The fourth-order valence-electron chi connectivity index (χ4n) is 1.85. The van der Waals surface area contributed by atoms with Gasteiger partial charge in [0.15, 0.2) is 5.43 Å². The van der Waals surface area contributed by atoms with Crippen LogP contribution >= 0.6 is 15.9 Å². The Labute approximate surface area is 105 Å². The van der Waals surface area contributed by atoms with Crippen LogP contribution in [-0.4, -0.2) is 4.98 Å². The van der Waals surface area contributed by atoms with Crippen LogP contribution < -0.4 is 5.43 Å². The number of hydrogen-bond acceptors (Lipinski definition) is 1. The molecule has 2 nitrogen and oxygen atoms in total. The third kappa shape index (κ3) is 1.78. The highest BCUT2D eigenvalue weighted by Gasteiger charge is 2.16. The summed E-state index contributed by atoms with van der Waals surface area (Å²) in [5.41, 5.74) is 0.859. The molecule has 1 aromatic carbocycles. The van der Waals surface area contributed by atoms with Crippen molar-refractivity contribution in [3.8, 4) is 0 Å². The first-order valence-corrected chi connectivity index (χ1v) is 5.95. The van der Waals surface area contributed by atoms with Gasteiger partial charge in [-0.3, -0.25) is 4.79 Å². The SMILES string of the molecule is CCc1[nH]c2c(F)cc(F)c(Br)c2c(=O)c1C. The summed E-state index contributed by atoms with van der Waals surface area (Å²) in [6, 6.07) is 0.761. The Morgan fingerprint density at radius 2 is 2.00 bits per heavy atom. The second-order valence-electron chi connectivity index (χ2n) is 3.82. The Bertz CT molecular complexity index is 664. The number of pyridine rings is 1. The summed E-state index contributed by atoms with van der Waals surface area (Å²) in [6.07, 6.45) is 0.589. The number of aromatic nitrogens is 1. The van der Waals surface area contributed by atoms with E-state index in [0.29, 0.717) is 17.7 Å². The summed E-state index contributed by atoms with van der Waals surface area (Å²) in [5.74, 6) is -1.53. The number of halogens is 3. The summed E-state index contributed by atoms with van der Waals surface area (Å²) in [5, 5.41) is 0.0252. The van der Waals surface area contributed by atoms with Crippen LogP contribution in [0.2, 0.25) is 0 Å². The van der Waals surface area contributed by atoms with E-state index >= 15 is 0 Å². The molecule has 1 N–H and O–H groups in total. The van der Waals surface area contributed by atoms with E-state index in [1.807, 2.05) is 6.92 Å². The molecule has 0 fully saturated rings. The van der Waals surface area contributed by atoms with Crippen LogP contribution in [0, 0.1) is 18.6 Å². The van der Waals surface area contributed by atoms with Crippen molar-refractivity contribution in [2.24, 2.45) is 0 Å². The molecule has 0 aliphatic carbocycles. The summed E-state index contributed by atoms with van der Waals surface area (Å²) in [4.78, 5) is 14.9. The highest BCUT2D eigenvalue weighted by molar-refractivity contribution is 9.10. The van der Waals surface area contributed by atoms with Gasteiger partial charge in [-0.15, -0.1) is 0 Å². The van der Waals surface area contributed by atoms with Crippen molar-refractivity contribution >= 4 is 26.8 Å². The average molecular weight is 302 g/mol. The molecule has 0 amide bonds. The second kappa shape index (κ2) is 4.22. The summed E-state index contributed by atoms with van der Waals surface area (Å²) in [6.45, 7) is 3.51. The second-order valence-corrected chi connectivity index (χ2v) is 4.61. The summed E-state index contributed by atoms with van der Waals surface area (Å²) in [7, 11) is 0.